The summed E-state index contributed by atoms with van der Waals surface area (Å²) in [6, 6.07) is 0.0327. The van der Waals surface area contributed by atoms with Crippen LogP contribution in [0.15, 0.2) is 0 Å². The monoisotopic (exact) mass is 255 g/mol. The zero-order chi connectivity index (χ0) is 13.0. The smallest absolute Gasteiger partial charge is 0.318 e. The van der Waals surface area contributed by atoms with Crippen LogP contribution in [0.1, 0.15) is 32.1 Å². The first-order valence-electron chi connectivity index (χ1n) is 6.60. The van der Waals surface area contributed by atoms with Crippen molar-refractivity contribution in [3.63, 3.8) is 0 Å². The van der Waals surface area contributed by atoms with Crippen molar-refractivity contribution >= 4 is 11.9 Å². The van der Waals surface area contributed by atoms with Crippen LogP contribution in [0, 0.1) is 0 Å². The molecule has 1 saturated carbocycles. The maximum Gasteiger partial charge on any atom is 0.318 e. The molecule has 1 saturated heterocycles. The summed E-state index contributed by atoms with van der Waals surface area (Å²) in [6.45, 7) is 1.25. The molecule has 0 aromatic rings. The Balaban J connectivity index is 1.93. The van der Waals surface area contributed by atoms with E-state index in [0.29, 0.717) is 13.2 Å². The second kappa shape index (κ2) is 6.04. The number of carbonyl (C=O) groups is 2. The Bertz CT molecular complexity index is 310. The van der Waals surface area contributed by atoms with E-state index in [1.165, 1.54) is 0 Å². The zero-order valence-corrected chi connectivity index (χ0v) is 10.6. The van der Waals surface area contributed by atoms with Crippen molar-refractivity contribution in [2.45, 2.75) is 44.2 Å². The van der Waals surface area contributed by atoms with Crippen molar-refractivity contribution in [3.05, 3.63) is 0 Å². The molecule has 1 aliphatic heterocycles. The van der Waals surface area contributed by atoms with Gasteiger partial charge in [-0.2, -0.15) is 0 Å². The fourth-order valence-electron chi connectivity index (χ4n) is 2.66. The number of nitrogens with zero attached hydrogens (tertiary/aromatic N) is 1. The molecular weight excluding hydrogens is 234 g/mol. The molecule has 0 bridgehead atoms. The van der Waals surface area contributed by atoms with Gasteiger partial charge in [0.2, 0.25) is 5.91 Å². The van der Waals surface area contributed by atoms with E-state index in [-0.39, 0.29) is 24.7 Å². The van der Waals surface area contributed by atoms with Crippen LogP contribution >= 0.6 is 0 Å². The Labute approximate surface area is 107 Å². The van der Waals surface area contributed by atoms with Gasteiger partial charge in [-0.05, 0) is 19.3 Å². The summed E-state index contributed by atoms with van der Waals surface area (Å²) < 4.78 is 5.22. The fraction of sp³-hybridized carbons (Fsp3) is 0.833. The fourth-order valence-corrected chi connectivity index (χ4v) is 2.66. The molecule has 6 nitrogen and oxygen atoms in total. The van der Waals surface area contributed by atoms with E-state index in [9.17, 15) is 9.59 Å². The molecule has 2 aliphatic rings. The average Bonchev–Trinajstić information content (AvgIpc) is 2.97. The minimum absolute atomic E-state index is 0.00404. The normalized spacial score (nSPS) is 24.1. The Kier molecular flexibility index (Phi) is 4.41. The van der Waals surface area contributed by atoms with Crippen molar-refractivity contribution in [3.8, 4) is 0 Å². The lowest BCUT2D eigenvalue weighted by molar-refractivity contribution is -0.119. The predicted octanol–water partition coefficient (Wildman–Crippen LogP) is 0.215. The molecule has 0 aromatic carbocycles. The van der Waals surface area contributed by atoms with Gasteiger partial charge in [0.15, 0.2) is 0 Å². The lowest BCUT2D eigenvalue weighted by Gasteiger charge is -2.29. The van der Waals surface area contributed by atoms with E-state index in [1.54, 1.807) is 4.90 Å². The molecule has 1 atom stereocenters. The van der Waals surface area contributed by atoms with Crippen molar-refractivity contribution in [1.29, 1.82) is 0 Å². The summed E-state index contributed by atoms with van der Waals surface area (Å²) in [6.07, 6.45) is 4.98. The topological polar surface area (TPSA) is 84.7 Å². The zero-order valence-electron chi connectivity index (χ0n) is 10.6. The Morgan fingerprint density at radius 1 is 1.28 bits per heavy atom. The van der Waals surface area contributed by atoms with Crippen molar-refractivity contribution in [1.82, 2.24) is 10.2 Å². The third kappa shape index (κ3) is 3.35. The van der Waals surface area contributed by atoms with E-state index in [4.69, 9.17) is 10.5 Å². The number of hydrogen-bond acceptors (Lipinski definition) is 3. The average molecular weight is 255 g/mol. The van der Waals surface area contributed by atoms with Crippen LogP contribution in [0.25, 0.3) is 0 Å². The van der Waals surface area contributed by atoms with Crippen LogP contribution < -0.4 is 11.1 Å². The molecule has 2 fully saturated rings. The summed E-state index contributed by atoms with van der Waals surface area (Å²) in [4.78, 5) is 24.8. The first-order chi connectivity index (χ1) is 8.66. The van der Waals surface area contributed by atoms with E-state index in [0.717, 1.165) is 32.1 Å². The maximum absolute atomic E-state index is 12.2. The third-order valence-corrected chi connectivity index (χ3v) is 3.61. The van der Waals surface area contributed by atoms with Crippen molar-refractivity contribution < 1.29 is 14.3 Å². The molecule has 1 unspecified atom stereocenters. The molecule has 1 heterocycles. The highest BCUT2D eigenvalue weighted by molar-refractivity contribution is 5.83. The van der Waals surface area contributed by atoms with Gasteiger partial charge >= 0.3 is 6.03 Å². The first kappa shape index (κ1) is 13.1. The minimum Gasteiger partial charge on any atom is -0.379 e. The van der Waals surface area contributed by atoms with E-state index in [2.05, 4.69) is 5.32 Å². The first-order valence-corrected chi connectivity index (χ1v) is 6.60. The lowest BCUT2D eigenvalue weighted by Crippen LogP contribution is -2.51. The molecule has 0 radical (unpaired) electrons. The highest BCUT2D eigenvalue weighted by atomic mass is 16.5. The molecule has 3 N–H and O–H groups in total. The number of amides is 3. The van der Waals surface area contributed by atoms with Crippen molar-refractivity contribution in [2.75, 3.05) is 19.8 Å². The SMILES string of the molecule is NC(=O)CN(C(=O)NC1CCOC1)C1CCCC1. The summed E-state index contributed by atoms with van der Waals surface area (Å²) in [5.74, 6) is -0.459. The molecule has 102 valence electrons. The highest BCUT2D eigenvalue weighted by Gasteiger charge is 2.29. The van der Waals surface area contributed by atoms with Gasteiger partial charge in [-0.15, -0.1) is 0 Å². The minimum atomic E-state index is -0.459. The summed E-state index contributed by atoms with van der Waals surface area (Å²) in [5.41, 5.74) is 5.22. The van der Waals surface area contributed by atoms with Crippen LogP contribution in [0.2, 0.25) is 0 Å². The van der Waals surface area contributed by atoms with Gasteiger partial charge in [0, 0.05) is 12.6 Å². The Hall–Kier alpha value is -1.30. The largest absolute Gasteiger partial charge is 0.379 e. The molecule has 0 spiro atoms. The number of urea groups is 1. The van der Waals surface area contributed by atoms with E-state index < -0.39 is 5.91 Å². The van der Waals surface area contributed by atoms with Crippen LogP contribution in [0.4, 0.5) is 4.79 Å². The van der Waals surface area contributed by atoms with Gasteiger partial charge < -0.3 is 20.7 Å². The predicted molar refractivity (Wildman–Crippen MR) is 65.9 cm³/mol. The number of nitrogens with two attached hydrogens (primary N) is 1. The Morgan fingerprint density at radius 3 is 2.56 bits per heavy atom. The Morgan fingerprint density at radius 2 is 2.00 bits per heavy atom. The number of rotatable bonds is 4. The number of carbonyl (C=O) groups excluding carboxylic acids is 2. The number of nitrogens with one attached hydrogen (secondary N) is 1. The quantitative estimate of drug-likeness (QED) is 0.753. The van der Waals surface area contributed by atoms with E-state index in [1.807, 2.05) is 0 Å². The van der Waals surface area contributed by atoms with Crippen LogP contribution in [-0.4, -0.2) is 48.7 Å². The van der Waals surface area contributed by atoms with Gasteiger partial charge in [0.1, 0.15) is 6.54 Å². The summed E-state index contributed by atoms with van der Waals surface area (Å²) in [5, 5.41) is 2.92. The van der Waals surface area contributed by atoms with Crippen molar-refractivity contribution in [2.24, 2.45) is 5.73 Å². The molecule has 3 amide bonds. The molecule has 0 aromatic heterocycles. The lowest BCUT2D eigenvalue weighted by atomic mass is 10.2. The van der Waals surface area contributed by atoms with Gasteiger partial charge in [0.05, 0.1) is 12.6 Å². The highest BCUT2D eigenvalue weighted by Crippen LogP contribution is 2.23. The van der Waals surface area contributed by atoms with Gasteiger partial charge in [0.25, 0.3) is 0 Å². The van der Waals surface area contributed by atoms with Gasteiger partial charge in [-0.25, -0.2) is 4.79 Å². The molecule has 18 heavy (non-hydrogen) atoms. The molecule has 2 rings (SSSR count). The second-order valence-electron chi connectivity index (χ2n) is 5.04. The standard InChI is InChI=1S/C12H21N3O3/c13-11(16)7-15(10-3-1-2-4-10)12(17)14-9-5-6-18-8-9/h9-10H,1-8H2,(H2,13,16)(H,14,17). The molecular formula is C12H21N3O3. The maximum atomic E-state index is 12.2. The third-order valence-electron chi connectivity index (χ3n) is 3.61. The number of ether oxygens (including phenoxy) is 1. The number of hydrogen-bond donors (Lipinski definition) is 2. The van der Waals surface area contributed by atoms with Gasteiger partial charge in [-0.1, -0.05) is 12.8 Å². The molecule has 1 aliphatic carbocycles. The number of primary amides is 1. The van der Waals surface area contributed by atoms with Crippen LogP contribution in [-0.2, 0) is 9.53 Å². The summed E-state index contributed by atoms with van der Waals surface area (Å²) in [7, 11) is 0. The molecule has 6 heteroatoms. The summed E-state index contributed by atoms with van der Waals surface area (Å²) >= 11 is 0. The van der Waals surface area contributed by atoms with Crippen LogP contribution in [0.3, 0.4) is 0 Å². The second-order valence-corrected chi connectivity index (χ2v) is 5.04. The van der Waals surface area contributed by atoms with E-state index >= 15 is 0 Å². The van der Waals surface area contributed by atoms with Gasteiger partial charge in [-0.3, -0.25) is 4.79 Å². The van der Waals surface area contributed by atoms with Crippen LogP contribution in [0.5, 0.6) is 0 Å².